The smallest absolute Gasteiger partial charge is 0.265 e. The molecule has 0 aromatic heterocycles. The number of para-hydroxylation sites is 1. The quantitative estimate of drug-likeness (QED) is 0.720. The third-order valence-corrected chi connectivity index (χ3v) is 3.99. The molecular formula is C18H20INO2. The standard InChI is InChI=1S/C18H20INO2/c1-12(2)16-9-4-5-10-17(16)20-18(21)13(3)22-15-8-6-7-14(19)11-15/h4-13H,1-3H3,(H,20,21). The van der Waals surface area contributed by atoms with Gasteiger partial charge >= 0.3 is 0 Å². The third-order valence-electron chi connectivity index (χ3n) is 3.32. The van der Waals surface area contributed by atoms with E-state index < -0.39 is 6.10 Å². The number of amides is 1. The molecule has 3 nitrogen and oxygen atoms in total. The zero-order chi connectivity index (χ0) is 16.1. The van der Waals surface area contributed by atoms with E-state index in [1.54, 1.807) is 6.92 Å². The highest BCUT2D eigenvalue weighted by molar-refractivity contribution is 14.1. The number of rotatable bonds is 5. The molecule has 0 saturated carbocycles. The fraction of sp³-hybridized carbons (Fsp3) is 0.278. The number of anilines is 1. The number of halogens is 1. The highest BCUT2D eigenvalue weighted by atomic mass is 127. The highest BCUT2D eigenvalue weighted by Crippen LogP contribution is 2.24. The van der Waals surface area contributed by atoms with Crippen LogP contribution in [-0.2, 0) is 4.79 Å². The molecule has 2 rings (SSSR count). The molecule has 0 aliphatic carbocycles. The topological polar surface area (TPSA) is 38.3 Å². The van der Waals surface area contributed by atoms with Crippen LogP contribution in [0.1, 0.15) is 32.3 Å². The Kier molecular flexibility index (Phi) is 5.83. The summed E-state index contributed by atoms with van der Waals surface area (Å²) < 4.78 is 6.79. The second kappa shape index (κ2) is 7.63. The summed E-state index contributed by atoms with van der Waals surface area (Å²) in [6.07, 6.45) is -0.557. The lowest BCUT2D eigenvalue weighted by molar-refractivity contribution is -0.122. The molecule has 0 fully saturated rings. The van der Waals surface area contributed by atoms with Crippen LogP contribution in [0.3, 0.4) is 0 Å². The van der Waals surface area contributed by atoms with Gasteiger partial charge in [0.15, 0.2) is 6.10 Å². The van der Waals surface area contributed by atoms with Gasteiger partial charge in [0, 0.05) is 9.26 Å². The maximum Gasteiger partial charge on any atom is 0.265 e. The molecule has 1 unspecified atom stereocenters. The fourth-order valence-corrected chi connectivity index (χ4v) is 2.66. The van der Waals surface area contributed by atoms with Gasteiger partial charge in [-0.15, -0.1) is 0 Å². The average molecular weight is 409 g/mol. The summed E-state index contributed by atoms with van der Waals surface area (Å²) >= 11 is 2.22. The van der Waals surface area contributed by atoms with Crippen molar-refractivity contribution in [2.45, 2.75) is 32.8 Å². The SMILES string of the molecule is CC(Oc1cccc(I)c1)C(=O)Nc1ccccc1C(C)C. The minimum absolute atomic E-state index is 0.146. The molecule has 0 aliphatic rings. The Morgan fingerprint density at radius 2 is 1.82 bits per heavy atom. The van der Waals surface area contributed by atoms with E-state index in [1.165, 1.54) is 0 Å². The Morgan fingerprint density at radius 3 is 2.50 bits per heavy atom. The van der Waals surface area contributed by atoms with E-state index in [-0.39, 0.29) is 5.91 Å². The molecule has 22 heavy (non-hydrogen) atoms. The van der Waals surface area contributed by atoms with Crippen LogP contribution in [0.25, 0.3) is 0 Å². The van der Waals surface area contributed by atoms with Crippen LogP contribution < -0.4 is 10.1 Å². The number of benzene rings is 2. The summed E-state index contributed by atoms with van der Waals surface area (Å²) in [6.45, 7) is 5.97. The summed E-state index contributed by atoms with van der Waals surface area (Å²) in [6, 6.07) is 15.5. The molecule has 4 heteroatoms. The summed E-state index contributed by atoms with van der Waals surface area (Å²) in [5.41, 5.74) is 1.97. The van der Waals surface area contributed by atoms with Gasteiger partial charge in [-0.2, -0.15) is 0 Å². The van der Waals surface area contributed by atoms with E-state index in [1.807, 2.05) is 48.5 Å². The average Bonchev–Trinajstić information content (AvgIpc) is 2.47. The lowest BCUT2D eigenvalue weighted by atomic mass is 10.0. The first kappa shape index (κ1) is 16.8. The van der Waals surface area contributed by atoms with Crippen LogP contribution >= 0.6 is 22.6 Å². The van der Waals surface area contributed by atoms with Crippen molar-refractivity contribution in [3.63, 3.8) is 0 Å². The molecule has 1 atom stereocenters. The van der Waals surface area contributed by atoms with E-state index in [2.05, 4.69) is 41.8 Å². The van der Waals surface area contributed by atoms with Crippen LogP contribution in [0.15, 0.2) is 48.5 Å². The molecule has 0 heterocycles. The van der Waals surface area contributed by atoms with Crippen molar-refractivity contribution in [1.82, 2.24) is 0 Å². The minimum Gasteiger partial charge on any atom is -0.481 e. The van der Waals surface area contributed by atoms with Gasteiger partial charge in [0.2, 0.25) is 0 Å². The van der Waals surface area contributed by atoms with Crippen molar-refractivity contribution in [1.29, 1.82) is 0 Å². The van der Waals surface area contributed by atoms with Crippen molar-refractivity contribution in [2.24, 2.45) is 0 Å². The Balaban J connectivity index is 2.06. The van der Waals surface area contributed by atoms with E-state index in [0.29, 0.717) is 11.7 Å². The molecule has 2 aromatic rings. The van der Waals surface area contributed by atoms with Crippen molar-refractivity contribution < 1.29 is 9.53 Å². The summed E-state index contributed by atoms with van der Waals surface area (Å²) in [5.74, 6) is 0.905. The molecular weight excluding hydrogens is 389 g/mol. The maximum atomic E-state index is 12.3. The maximum absolute atomic E-state index is 12.3. The first-order valence-electron chi connectivity index (χ1n) is 7.29. The van der Waals surface area contributed by atoms with Crippen LogP contribution in [0.4, 0.5) is 5.69 Å². The van der Waals surface area contributed by atoms with Gasteiger partial charge in [-0.05, 0) is 65.3 Å². The molecule has 2 aromatic carbocycles. The van der Waals surface area contributed by atoms with Gasteiger partial charge in [0.1, 0.15) is 5.75 Å². The molecule has 116 valence electrons. The lowest BCUT2D eigenvalue weighted by Crippen LogP contribution is -2.30. The van der Waals surface area contributed by atoms with Crippen LogP contribution in [0.5, 0.6) is 5.75 Å². The van der Waals surface area contributed by atoms with Crippen LogP contribution in [-0.4, -0.2) is 12.0 Å². The molecule has 1 N–H and O–H groups in total. The van der Waals surface area contributed by atoms with E-state index in [4.69, 9.17) is 4.74 Å². The first-order chi connectivity index (χ1) is 10.5. The Morgan fingerprint density at radius 1 is 1.09 bits per heavy atom. The van der Waals surface area contributed by atoms with Gasteiger partial charge in [-0.3, -0.25) is 4.79 Å². The zero-order valence-corrected chi connectivity index (χ0v) is 15.1. The number of nitrogens with one attached hydrogen (secondary N) is 1. The predicted octanol–water partition coefficient (Wildman–Crippen LogP) is 4.82. The van der Waals surface area contributed by atoms with Gasteiger partial charge in [0.05, 0.1) is 0 Å². The summed E-state index contributed by atoms with van der Waals surface area (Å²) in [4.78, 5) is 12.3. The first-order valence-corrected chi connectivity index (χ1v) is 8.37. The van der Waals surface area contributed by atoms with E-state index >= 15 is 0 Å². The minimum atomic E-state index is -0.557. The Hall–Kier alpha value is -1.56. The largest absolute Gasteiger partial charge is 0.481 e. The van der Waals surface area contributed by atoms with E-state index in [9.17, 15) is 4.79 Å². The Bertz CT molecular complexity index is 655. The van der Waals surface area contributed by atoms with Gasteiger partial charge in [-0.25, -0.2) is 0 Å². The monoisotopic (exact) mass is 409 g/mol. The van der Waals surface area contributed by atoms with Gasteiger partial charge in [-0.1, -0.05) is 38.1 Å². The van der Waals surface area contributed by atoms with Crippen molar-refractivity contribution >= 4 is 34.2 Å². The van der Waals surface area contributed by atoms with Gasteiger partial charge < -0.3 is 10.1 Å². The number of hydrogen-bond acceptors (Lipinski definition) is 2. The van der Waals surface area contributed by atoms with Gasteiger partial charge in [0.25, 0.3) is 5.91 Å². The normalized spacial score (nSPS) is 12.0. The number of ether oxygens (including phenoxy) is 1. The summed E-state index contributed by atoms with van der Waals surface area (Å²) in [5, 5.41) is 2.96. The molecule has 0 radical (unpaired) electrons. The number of carbonyl (C=O) groups is 1. The number of carbonyl (C=O) groups excluding carboxylic acids is 1. The highest BCUT2D eigenvalue weighted by Gasteiger charge is 2.17. The molecule has 1 amide bonds. The second-order valence-electron chi connectivity index (χ2n) is 5.45. The zero-order valence-electron chi connectivity index (χ0n) is 13.0. The fourth-order valence-electron chi connectivity index (χ4n) is 2.15. The molecule has 0 aliphatic heterocycles. The van der Waals surface area contributed by atoms with E-state index in [0.717, 1.165) is 14.8 Å². The summed E-state index contributed by atoms with van der Waals surface area (Å²) in [7, 11) is 0. The molecule has 0 spiro atoms. The van der Waals surface area contributed by atoms with Crippen LogP contribution in [0, 0.1) is 3.57 Å². The van der Waals surface area contributed by atoms with Crippen LogP contribution in [0.2, 0.25) is 0 Å². The lowest BCUT2D eigenvalue weighted by Gasteiger charge is -2.17. The van der Waals surface area contributed by atoms with Crippen molar-refractivity contribution in [3.05, 3.63) is 57.7 Å². The molecule has 0 saturated heterocycles. The molecule has 0 bridgehead atoms. The Labute approximate surface area is 145 Å². The van der Waals surface area contributed by atoms with Crippen molar-refractivity contribution in [2.75, 3.05) is 5.32 Å². The number of hydrogen-bond donors (Lipinski definition) is 1. The third kappa shape index (κ3) is 4.47. The predicted molar refractivity (Wildman–Crippen MR) is 98.4 cm³/mol. The second-order valence-corrected chi connectivity index (χ2v) is 6.69. The van der Waals surface area contributed by atoms with Crippen molar-refractivity contribution in [3.8, 4) is 5.75 Å².